The molecular formula is C79H154O17P2. The fraction of sp³-hybridized carbons (Fsp3) is 0.949. The second-order valence-corrected chi connectivity index (χ2v) is 32.3. The molecule has 0 aromatic heterocycles. The molecule has 0 aliphatic carbocycles. The summed E-state index contributed by atoms with van der Waals surface area (Å²) in [5, 5.41) is 10.6. The van der Waals surface area contributed by atoms with Crippen LogP contribution in [0.5, 0.6) is 0 Å². The van der Waals surface area contributed by atoms with E-state index < -0.39 is 97.5 Å². The summed E-state index contributed by atoms with van der Waals surface area (Å²) in [7, 11) is -9.91. The Morgan fingerprint density at radius 1 is 0.276 bits per heavy atom. The number of aliphatic hydroxyl groups is 1. The predicted octanol–water partition coefficient (Wildman–Crippen LogP) is 23.5. The third-order valence-corrected chi connectivity index (χ3v) is 20.4. The number of carbonyl (C=O) groups excluding carboxylic acids is 4. The Morgan fingerprint density at radius 3 is 0.694 bits per heavy atom. The van der Waals surface area contributed by atoms with Gasteiger partial charge in [-0.3, -0.25) is 37.3 Å². The Kier molecular flexibility index (Phi) is 69.3. The van der Waals surface area contributed by atoms with Crippen molar-refractivity contribution in [2.45, 2.75) is 432 Å². The van der Waals surface area contributed by atoms with Gasteiger partial charge in [-0.15, -0.1) is 0 Å². The fourth-order valence-electron chi connectivity index (χ4n) is 12.2. The Bertz CT molecular complexity index is 1890. The van der Waals surface area contributed by atoms with Crippen LogP contribution in [0.4, 0.5) is 0 Å². The minimum Gasteiger partial charge on any atom is -0.462 e. The maximum Gasteiger partial charge on any atom is 0.472 e. The van der Waals surface area contributed by atoms with Gasteiger partial charge >= 0.3 is 39.5 Å². The molecule has 0 rings (SSSR count). The van der Waals surface area contributed by atoms with Crippen LogP contribution in [-0.2, 0) is 65.4 Å². The number of phosphoric ester groups is 2. The first-order valence-electron chi connectivity index (χ1n) is 41.0. The lowest BCUT2D eigenvalue weighted by molar-refractivity contribution is -0.161. The van der Waals surface area contributed by atoms with Crippen molar-refractivity contribution in [2.24, 2.45) is 11.8 Å². The first kappa shape index (κ1) is 96.1. The van der Waals surface area contributed by atoms with Gasteiger partial charge < -0.3 is 33.8 Å². The van der Waals surface area contributed by atoms with Crippen LogP contribution in [0.2, 0.25) is 0 Å². The zero-order valence-corrected chi connectivity index (χ0v) is 65.9. The average Bonchev–Trinajstić information content (AvgIpc) is 1.11. The van der Waals surface area contributed by atoms with Gasteiger partial charge in [0.15, 0.2) is 12.2 Å². The first-order valence-corrected chi connectivity index (χ1v) is 44.0. The number of hydrogen-bond donors (Lipinski definition) is 3. The van der Waals surface area contributed by atoms with Gasteiger partial charge in [0, 0.05) is 25.7 Å². The number of ether oxygens (including phenoxy) is 4. The zero-order chi connectivity index (χ0) is 72.1. The molecule has 0 saturated heterocycles. The third-order valence-electron chi connectivity index (χ3n) is 18.5. The van der Waals surface area contributed by atoms with Gasteiger partial charge in [-0.1, -0.05) is 363 Å². The minimum atomic E-state index is -4.96. The molecule has 3 N–H and O–H groups in total. The monoisotopic (exact) mass is 1440 g/mol. The van der Waals surface area contributed by atoms with Crippen LogP contribution < -0.4 is 0 Å². The summed E-state index contributed by atoms with van der Waals surface area (Å²) in [5.41, 5.74) is 0. The van der Waals surface area contributed by atoms with Crippen LogP contribution in [0, 0.1) is 11.8 Å². The largest absolute Gasteiger partial charge is 0.472 e. The minimum absolute atomic E-state index is 0.106. The van der Waals surface area contributed by atoms with Gasteiger partial charge in [-0.05, 0) is 37.5 Å². The highest BCUT2D eigenvalue weighted by Crippen LogP contribution is 2.45. The molecular weight excluding hydrogens is 1280 g/mol. The van der Waals surface area contributed by atoms with E-state index in [0.29, 0.717) is 31.6 Å². The summed E-state index contributed by atoms with van der Waals surface area (Å²) in [6.07, 6.45) is 60.0. The van der Waals surface area contributed by atoms with Crippen LogP contribution in [-0.4, -0.2) is 96.7 Å². The maximum absolute atomic E-state index is 13.1. The second kappa shape index (κ2) is 70.7. The Balaban J connectivity index is 5.17. The van der Waals surface area contributed by atoms with Crippen molar-refractivity contribution >= 4 is 39.5 Å². The van der Waals surface area contributed by atoms with E-state index in [4.69, 9.17) is 37.0 Å². The van der Waals surface area contributed by atoms with Crippen molar-refractivity contribution in [3.8, 4) is 0 Å². The Labute approximate surface area is 600 Å². The highest BCUT2D eigenvalue weighted by molar-refractivity contribution is 7.47. The first-order chi connectivity index (χ1) is 47.4. The smallest absolute Gasteiger partial charge is 0.462 e. The summed E-state index contributed by atoms with van der Waals surface area (Å²) in [6, 6.07) is 0. The number of rotatable bonds is 78. The van der Waals surface area contributed by atoms with E-state index in [0.717, 1.165) is 102 Å². The van der Waals surface area contributed by atoms with E-state index in [2.05, 4.69) is 41.5 Å². The lowest BCUT2D eigenvalue weighted by atomic mass is 10.0. The maximum atomic E-state index is 13.1. The van der Waals surface area contributed by atoms with E-state index in [-0.39, 0.29) is 25.7 Å². The van der Waals surface area contributed by atoms with Crippen LogP contribution in [0.15, 0.2) is 0 Å². The molecule has 0 bridgehead atoms. The lowest BCUT2D eigenvalue weighted by Gasteiger charge is -2.21. The lowest BCUT2D eigenvalue weighted by Crippen LogP contribution is -2.30. The average molecular weight is 1440 g/mol. The van der Waals surface area contributed by atoms with E-state index in [1.165, 1.54) is 225 Å². The van der Waals surface area contributed by atoms with Crippen LogP contribution in [0.3, 0.4) is 0 Å². The molecule has 0 aliphatic rings. The fourth-order valence-corrected chi connectivity index (χ4v) is 13.8. The molecule has 0 spiro atoms. The number of aliphatic hydroxyl groups excluding tert-OH is 1. The van der Waals surface area contributed by atoms with E-state index in [1.807, 2.05) is 0 Å². The van der Waals surface area contributed by atoms with Crippen molar-refractivity contribution in [3.63, 3.8) is 0 Å². The van der Waals surface area contributed by atoms with Crippen molar-refractivity contribution < 1.29 is 80.2 Å². The molecule has 98 heavy (non-hydrogen) atoms. The number of unbranched alkanes of at least 4 members (excludes halogenated alkanes) is 48. The van der Waals surface area contributed by atoms with Crippen molar-refractivity contribution in [2.75, 3.05) is 39.6 Å². The van der Waals surface area contributed by atoms with Gasteiger partial charge in [0.25, 0.3) is 0 Å². The molecule has 0 aromatic rings. The van der Waals surface area contributed by atoms with Crippen molar-refractivity contribution in [3.05, 3.63) is 0 Å². The Hall–Kier alpha value is -1.94. The number of phosphoric acid groups is 2. The van der Waals surface area contributed by atoms with E-state index in [1.54, 1.807) is 0 Å². The van der Waals surface area contributed by atoms with E-state index >= 15 is 0 Å². The SMILES string of the molecule is CCCCCCCCCCCCCCCCCCCCCCCCC(=O)O[C@H](COC(=O)CCCCCCCCCCCCCCCCC(C)C)COP(=O)(O)OC[C@@H](O)COP(=O)(O)OC[C@@H](COC(=O)CCCCCCCCC(C)C)OC(=O)CCCCCCCCCCCC. The summed E-state index contributed by atoms with van der Waals surface area (Å²) in [5.74, 6) is -0.637. The van der Waals surface area contributed by atoms with E-state index in [9.17, 15) is 43.2 Å². The molecule has 0 amide bonds. The van der Waals surface area contributed by atoms with Gasteiger partial charge in [-0.2, -0.15) is 0 Å². The summed E-state index contributed by atoms with van der Waals surface area (Å²) < 4.78 is 68.5. The molecule has 19 heteroatoms. The zero-order valence-electron chi connectivity index (χ0n) is 64.1. The number of hydrogen-bond acceptors (Lipinski definition) is 15. The third kappa shape index (κ3) is 72.4. The predicted molar refractivity (Wildman–Crippen MR) is 400 cm³/mol. The molecule has 0 saturated carbocycles. The highest BCUT2D eigenvalue weighted by Gasteiger charge is 2.30. The molecule has 582 valence electrons. The number of carbonyl (C=O) groups is 4. The standard InChI is InChI=1S/C79H154O17P2/c1-7-9-11-13-15-17-19-20-21-22-23-24-25-26-27-28-33-36-40-44-52-58-64-79(84)95-74(67-89-76(81)61-55-49-42-39-35-32-30-29-31-34-37-41-47-53-59-71(3)4)69-93-97(85,86)91-65-73(80)66-92-98(87,88)94-70-75(68-90-77(82)62-56-50-46-45-48-54-60-72(5)6)96-78(83)63-57-51-43-38-18-16-14-12-10-8-2/h71-75,80H,7-70H2,1-6H3,(H,85,86)(H,87,88)/t73-,74-,75-/m1/s1. The molecule has 0 aliphatic heterocycles. The molecule has 17 nitrogen and oxygen atoms in total. The quantitative estimate of drug-likeness (QED) is 0.0222. The molecule has 0 aromatic carbocycles. The summed E-state index contributed by atoms with van der Waals surface area (Å²) in [4.78, 5) is 72.8. The highest BCUT2D eigenvalue weighted by atomic mass is 31.2. The van der Waals surface area contributed by atoms with Gasteiger partial charge in [0.2, 0.25) is 0 Å². The summed E-state index contributed by atoms with van der Waals surface area (Å²) in [6.45, 7) is 9.54. The molecule has 5 atom stereocenters. The van der Waals surface area contributed by atoms with Gasteiger partial charge in [-0.25, -0.2) is 9.13 Å². The Morgan fingerprint density at radius 2 is 0.469 bits per heavy atom. The molecule has 0 fully saturated rings. The topological polar surface area (TPSA) is 237 Å². The molecule has 0 radical (unpaired) electrons. The second-order valence-electron chi connectivity index (χ2n) is 29.4. The normalized spacial score (nSPS) is 13.9. The van der Waals surface area contributed by atoms with Gasteiger partial charge in [0.1, 0.15) is 19.3 Å². The molecule has 2 unspecified atom stereocenters. The van der Waals surface area contributed by atoms with Crippen LogP contribution in [0.25, 0.3) is 0 Å². The van der Waals surface area contributed by atoms with Crippen LogP contribution in [0.1, 0.15) is 414 Å². The summed E-state index contributed by atoms with van der Waals surface area (Å²) >= 11 is 0. The van der Waals surface area contributed by atoms with Gasteiger partial charge in [0.05, 0.1) is 26.4 Å². The number of esters is 4. The molecule has 0 heterocycles. The van der Waals surface area contributed by atoms with Crippen molar-refractivity contribution in [1.82, 2.24) is 0 Å². The van der Waals surface area contributed by atoms with Crippen molar-refractivity contribution in [1.29, 1.82) is 0 Å². The van der Waals surface area contributed by atoms with Crippen LogP contribution >= 0.6 is 15.6 Å².